The monoisotopic (exact) mass is 420 g/mol. The van der Waals surface area contributed by atoms with E-state index in [1.807, 2.05) is 38.1 Å². The minimum Gasteiger partial charge on any atom is -0.322 e. The van der Waals surface area contributed by atoms with Gasteiger partial charge in [-0.25, -0.2) is 19.3 Å². The number of para-hydroxylation sites is 1. The number of benzene rings is 1. The van der Waals surface area contributed by atoms with E-state index < -0.39 is 5.82 Å². The number of aromatic nitrogens is 3. The standard InChI is InChI=1S/C23H25FN6O/c1-15-13-16(2)26-23(25-15)29-21-11-5-9-19(27-21)20-10-6-12-30(20)14-22(31)28-18-8-4-3-7-17(18)24/h3-5,7-9,11,13,20H,6,10,12,14H2,1-2H3,(H,28,31)(H,25,26,27,29)/t20-/m0/s1. The van der Waals surface area contributed by atoms with Gasteiger partial charge in [-0.2, -0.15) is 0 Å². The van der Waals surface area contributed by atoms with E-state index in [1.165, 1.54) is 6.07 Å². The summed E-state index contributed by atoms with van der Waals surface area (Å²) in [6.45, 7) is 4.81. The number of hydrogen-bond donors (Lipinski definition) is 2. The Kier molecular flexibility index (Phi) is 6.18. The maximum Gasteiger partial charge on any atom is 0.238 e. The molecule has 4 rings (SSSR count). The second kappa shape index (κ2) is 9.18. The highest BCUT2D eigenvalue weighted by Crippen LogP contribution is 2.31. The topological polar surface area (TPSA) is 83.0 Å². The molecular formula is C23H25FN6O. The van der Waals surface area contributed by atoms with Crippen LogP contribution in [0, 0.1) is 19.7 Å². The molecular weight excluding hydrogens is 395 g/mol. The Morgan fingerprint density at radius 3 is 2.65 bits per heavy atom. The number of pyridine rings is 1. The summed E-state index contributed by atoms with van der Waals surface area (Å²) < 4.78 is 13.8. The van der Waals surface area contributed by atoms with Crippen molar-refractivity contribution in [2.75, 3.05) is 23.7 Å². The number of aryl methyl sites for hydroxylation is 2. The van der Waals surface area contributed by atoms with E-state index in [9.17, 15) is 9.18 Å². The zero-order valence-electron chi connectivity index (χ0n) is 17.6. The second-order valence-electron chi connectivity index (χ2n) is 7.70. The summed E-state index contributed by atoms with van der Waals surface area (Å²) in [4.78, 5) is 28.1. The van der Waals surface area contributed by atoms with Crippen LogP contribution in [0.5, 0.6) is 0 Å². The van der Waals surface area contributed by atoms with Gasteiger partial charge >= 0.3 is 0 Å². The summed E-state index contributed by atoms with van der Waals surface area (Å²) in [5.41, 5.74) is 2.84. The Hall–Kier alpha value is -3.39. The van der Waals surface area contributed by atoms with Gasteiger partial charge in [-0.15, -0.1) is 0 Å². The number of anilines is 3. The van der Waals surface area contributed by atoms with Gasteiger partial charge in [-0.3, -0.25) is 9.69 Å². The number of hydrogen-bond acceptors (Lipinski definition) is 6. The lowest BCUT2D eigenvalue weighted by molar-refractivity contribution is -0.117. The third-order valence-electron chi connectivity index (χ3n) is 5.19. The van der Waals surface area contributed by atoms with E-state index in [-0.39, 0.29) is 24.2 Å². The molecule has 160 valence electrons. The molecule has 31 heavy (non-hydrogen) atoms. The Bertz CT molecular complexity index is 1070. The highest BCUT2D eigenvalue weighted by atomic mass is 19.1. The zero-order chi connectivity index (χ0) is 21.8. The molecule has 1 aromatic carbocycles. The minimum absolute atomic E-state index is 0.0216. The highest BCUT2D eigenvalue weighted by Gasteiger charge is 2.29. The molecule has 1 amide bonds. The van der Waals surface area contributed by atoms with Crippen molar-refractivity contribution in [1.82, 2.24) is 19.9 Å². The highest BCUT2D eigenvalue weighted by molar-refractivity contribution is 5.92. The van der Waals surface area contributed by atoms with Crippen molar-refractivity contribution in [1.29, 1.82) is 0 Å². The van der Waals surface area contributed by atoms with Crippen molar-refractivity contribution in [3.8, 4) is 0 Å². The predicted octanol–water partition coefficient (Wildman–Crippen LogP) is 4.15. The molecule has 1 saturated heterocycles. The van der Waals surface area contributed by atoms with Crippen LogP contribution in [0.1, 0.15) is 36.0 Å². The maximum absolute atomic E-state index is 13.8. The molecule has 2 N–H and O–H groups in total. The van der Waals surface area contributed by atoms with Crippen molar-refractivity contribution >= 4 is 23.4 Å². The lowest BCUT2D eigenvalue weighted by Crippen LogP contribution is -2.33. The van der Waals surface area contributed by atoms with Crippen molar-refractivity contribution in [2.45, 2.75) is 32.7 Å². The van der Waals surface area contributed by atoms with Gasteiger partial charge in [0.05, 0.1) is 24.0 Å². The quantitative estimate of drug-likeness (QED) is 0.623. The van der Waals surface area contributed by atoms with Crippen molar-refractivity contribution < 1.29 is 9.18 Å². The van der Waals surface area contributed by atoms with Gasteiger partial charge in [-0.1, -0.05) is 18.2 Å². The van der Waals surface area contributed by atoms with E-state index in [0.717, 1.165) is 36.5 Å². The number of nitrogens with zero attached hydrogens (tertiary/aromatic N) is 4. The molecule has 1 aliphatic rings. The molecule has 2 aromatic heterocycles. The molecule has 3 aromatic rings. The molecule has 0 bridgehead atoms. The Morgan fingerprint density at radius 2 is 1.87 bits per heavy atom. The summed E-state index contributed by atoms with van der Waals surface area (Å²) in [7, 11) is 0. The molecule has 8 heteroatoms. The Morgan fingerprint density at radius 1 is 1.10 bits per heavy atom. The lowest BCUT2D eigenvalue weighted by atomic mass is 10.1. The average molecular weight is 420 g/mol. The predicted molar refractivity (Wildman–Crippen MR) is 118 cm³/mol. The molecule has 0 spiro atoms. The fourth-order valence-electron chi connectivity index (χ4n) is 3.89. The van der Waals surface area contributed by atoms with Gasteiger partial charge < -0.3 is 10.6 Å². The minimum atomic E-state index is -0.442. The summed E-state index contributed by atoms with van der Waals surface area (Å²) >= 11 is 0. The van der Waals surface area contributed by atoms with E-state index in [0.29, 0.717) is 11.8 Å². The van der Waals surface area contributed by atoms with Crippen molar-refractivity contribution in [2.24, 2.45) is 0 Å². The molecule has 0 saturated carbocycles. The smallest absolute Gasteiger partial charge is 0.238 e. The molecule has 1 aliphatic heterocycles. The normalized spacial score (nSPS) is 16.3. The van der Waals surface area contributed by atoms with Crippen LogP contribution in [-0.4, -0.2) is 38.8 Å². The molecule has 3 heterocycles. The first-order valence-corrected chi connectivity index (χ1v) is 10.3. The van der Waals surface area contributed by atoms with E-state index in [2.05, 4.69) is 25.5 Å². The third-order valence-corrected chi connectivity index (χ3v) is 5.19. The van der Waals surface area contributed by atoms with Gasteiger partial charge in [0.25, 0.3) is 0 Å². The summed E-state index contributed by atoms with van der Waals surface area (Å²) in [5, 5.41) is 5.83. The van der Waals surface area contributed by atoms with E-state index in [1.54, 1.807) is 18.2 Å². The largest absolute Gasteiger partial charge is 0.322 e. The summed E-state index contributed by atoms with van der Waals surface area (Å²) in [5.74, 6) is 0.484. The number of carbonyl (C=O) groups excluding carboxylic acids is 1. The first-order chi connectivity index (χ1) is 15.0. The number of carbonyl (C=O) groups is 1. The van der Waals surface area contributed by atoms with Crippen LogP contribution in [0.15, 0.2) is 48.5 Å². The van der Waals surface area contributed by atoms with Crippen LogP contribution in [0.2, 0.25) is 0 Å². The average Bonchev–Trinajstić information content (AvgIpc) is 3.17. The van der Waals surface area contributed by atoms with E-state index in [4.69, 9.17) is 4.98 Å². The maximum atomic E-state index is 13.8. The van der Waals surface area contributed by atoms with Crippen LogP contribution in [0.25, 0.3) is 0 Å². The molecule has 0 radical (unpaired) electrons. The van der Waals surface area contributed by atoms with Gasteiger partial charge in [0, 0.05) is 11.4 Å². The number of nitrogens with one attached hydrogen (secondary N) is 2. The third kappa shape index (κ3) is 5.21. The summed E-state index contributed by atoms with van der Waals surface area (Å²) in [6, 6.07) is 13.9. The first-order valence-electron chi connectivity index (χ1n) is 10.3. The number of halogens is 1. The summed E-state index contributed by atoms with van der Waals surface area (Å²) in [6.07, 6.45) is 1.88. The SMILES string of the molecule is Cc1cc(C)nc(Nc2cccc([C@@H]3CCCN3CC(=O)Nc3ccccc3F)n2)n1. The number of rotatable bonds is 6. The molecule has 1 atom stereocenters. The number of amides is 1. The molecule has 0 aliphatic carbocycles. The van der Waals surface area contributed by atoms with Gasteiger partial charge in [0.15, 0.2) is 0 Å². The van der Waals surface area contributed by atoms with Crippen molar-refractivity contribution in [3.05, 3.63) is 71.4 Å². The fourth-order valence-corrected chi connectivity index (χ4v) is 3.89. The molecule has 0 unspecified atom stereocenters. The first kappa shape index (κ1) is 20.9. The van der Waals surface area contributed by atoms with Gasteiger partial charge in [-0.05, 0) is 63.6 Å². The second-order valence-corrected chi connectivity index (χ2v) is 7.70. The number of likely N-dealkylation sites (tertiary alicyclic amines) is 1. The lowest BCUT2D eigenvalue weighted by Gasteiger charge is -2.24. The Balaban J connectivity index is 1.45. The van der Waals surface area contributed by atoms with Crippen LogP contribution in [-0.2, 0) is 4.79 Å². The van der Waals surface area contributed by atoms with Crippen LogP contribution < -0.4 is 10.6 Å². The Labute approximate surface area is 180 Å². The van der Waals surface area contributed by atoms with Gasteiger partial charge in [0.1, 0.15) is 11.6 Å². The van der Waals surface area contributed by atoms with Crippen LogP contribution in [0.4, 0.5) is 21.8 Å². The van der Waals surface area contributed by atoms with Gasteiger partial charge in [0.2, 0.25) is 11.9 Å². The van der Waals surface area contributed by atoms with Crippen LogP contribution in [0.3, 0.4) is 0 Å². The van der Waals surface area contributed by atoms with Crippen LogP contribution >= 0.6 is 0 Å². The zero-order valence-corrected chi connectivity index (χ0v) is 17.6. The molecule has 1 fully saturated rings. The van der Waals surface area contributed by atoms with E-state index >= 15 is 0 Å². The fraction of sp³-hybridized carbons (Fsp3) is 0.304. The van der Waals surface area contributed by atoms with Crippen molar-refractivity contribution in [3.63, 3.8) is 0 Å². The molecule has 7 nitrogen and oxygen atoms in total.